The van der Waals surface area contributed by atoms with Crippen LogP contribution in [0.4, 0.5) is 0 Å². The highest BCUT2D eigenvalue weighted by Gasteiger charge is 2.09. The Kier molecular flexibility index (Phi) is 11.5. The minimum Gasteiger partial charge on any atom is -0.389 e. The summed E-state index contributed by atoms with van der Waals surface area (Å²) in [5.41, 5.74) is 0. The summed E-state index contributed by atoms with van der Waals surface area (Å²) in [5.74, 6) is 0. The lowest BCUT2D eigenvalue weighted by Crippen LogP contribution is -2.38. The molecule has 5 nitrogen and oxygen atoms in total. The molecule has 0 fully saturated rings. The van der Waals surface area contributed by atoms with Gasteiger partial charge in [0.1, 0.15) is 0 Å². The van der Waals surface area contributed by atoms with Gasteiger partial charge in [-0.3, -0.25) is 0 Å². The third-order valence-electron chi connectivity index (χ3n) is 3.34. The van der Waals surface area contributed by atoms with Gasteiger partial charge >= 0.3 is 0 Å². The molecule has 116 valence electrons. The van der Waals surface area contributed by atoms with Crippen LogP contribution < -0.4 is 5.32 Å². The molecule has 0 bridgehead atoms. The lowest BCUT2D eigenvalue weighted by atomic mass is 10.2. The van der Waals surface area contributed by atoms with Gasteiger partial charge < -0.3 is 24.8 Å². The van der Waals surface area contributed by atoms with E-state index in [1.54, 1.807) is 7.11 Å². The topological polar surface area (TPSA) is 54.0 Å². The predicted octanol–water partition coefficient (Wildman–Crippen LogP) is 0.719. The van der Waals surface area contributed by atoms with Crippen molar-refractivity contribution >= 4 is 0 Å². The smallest absolute Gasteiger partial charge is 0.0897 e. The van der Waals surface area contributed by atoms with Gasteiger partial charge in [0.15, 0.2) is 0 Å². The summed E-state index contributed by atoms with van der Waals surface area (Å²) in [7, 11) is 3.77. The fourth-order valence-electron chi connectivity index (χ4n) is 1.67. The third-order valence-corrected chi connectivity index (χ3v) is 3.34. The van der Waals surface area contributed by atoms with E-state index >= 15 is 0 Å². The minimum absolute atomic E-state index is 0.0242. The monoisotopic (exact) mass is 276 g/mol. The predicted molar refractivity (Wildman–Crippen MR) is 78.5 cm³/mol. The average molecular weight is 276 g/mol. The number of rotatable bonds is 12. The number of likely N-dealkylation sites (N-methyl/N-ethyl adjacent to an activating group) is 1. The summed E-state index contributed by atoms with van der Waals surface area (Å²) < 4.78 is 10.4. The number of methoxy groups -OCH3 is 1. The first-order valence-corrected chi connectivity index (χ1v) is 7.20. The lowest BCUT2D eigenvalue weighted by Gasteiger charge is -2.24. The molecule has 0 aliphatic heterocycles. The van der Waals surface area contributed by atoms with Crippen molar-refractivity contribution in [2.24, 2.45) is 0 Å². The zero-order valence-corrected chi connectivity index (χ0v) is 13.2. The van der Waals surface area contributed by atoms with E-state index in [4.69, 9.17) is 9.47 Å². The summed E-state index contributed by atoms with van der Waals surface area (Å²) in [4.78, 5) is 2.32. The van der Waals surface area contributed by atoms with Gasteiger partial charge in [-0.1, -0.05) is 6.92 Å². The fourth-order valence-corrected chi connectivity index (χ4v) is 1.67. The molecule has 0 aliphatic carbocycles. The molecule has 0 aliphatic rings. The summed E-state index contributed by atoms with van der Waals surface area (Å²) in [6.45, 7) is 9.68. The standard InChI is InChI=1S/C14H32N2O3/c1-6-12(2)16(4)8-7-15-9-14(17)11-19-13(3)10-18-5/h12-15,17H,6-11H2,1-5H3. The van der Waals surface area contributed by atoms with Crippen molar-refractivity contribution in [1.82, 2.24) is 10.2 Å². The number of nitrogens with one attached hydrogen (secondary N) is 1. The van der Waals surface area contributed by atoms with Crippen molar-refractivity contribution in [3.63, 3.8) is 0 Å². The maximum absolute atomic E-state index is 9.74. The molecule has 2 N–H and O–H groups in total. The Balaban J connectivity index is 3.50. The van der Waals surface area contributed by atoms with Gasteiger partial charge in [0.2, 0.25) is 0 Å². The van der Waals surface area contributed by atoms with Crippen LogP contribution in [0.2, 0.25) is 0 Å². The van der Waals surface area contributed by atoms with Crippen LogP contribution in [0.3, 0.4) is 0 Å². The molecule has 0 spiro atoms. The number of aliphatic hydroxyl groups excluding tert-OH is 1. The molecule has 0 aromatic carbocycles. The Hall–Kier alpha value is -0.200. The third kappa shape index (κ3) is 10.3. The van der Waals surface area contributed by atoms with Crippen LogP contribution in [0.25, 0.3) is 0 Å². The van der Waals surface area contributed by atoms with E-state index < -0.39 is 6.10 Å². The largest absolute Gasteiger partial charge is 0.389 e. The second-order valence-electron chi connectivity index (χ2n) is 5.20. The molecular weight excluding hydrogens is 244 g/mol. The Bertz CT molecular complexity index is 205. The van der Waals surface area contributed by atoms with Gasteiger partial charge in [0.05, 0.1) is 25.4 Å². The second-order valence-corrected chi connectivity index (χ2v) is 5.20. The molecule has 0 rings (SSSR count). The average Bonchev–Trinajstić information content (AvgIpc) is 2.40. The van der Waals surface area contributed by atoms with Crippen LogP contribution in [0.5, 0.6) is 0 Å². The van der Waals surface area contributed by atoms with Crippen molar-refractivity contribution in [1.29, 1.82) is 0 Å². The summed E-state index contributed by atoms with van der Waals surface area (Å²) in [6, 6.07) is 0.602. The van der Waals surface area contributed by atoms with E-state index in [0.717, 1.165) is 19.5 Å². The maximum Gasteiger partial charge on any atom is 0.0897 e. The molecule has 0 saturated heterocycles. The highest BCUT2D eigenvalue weighted by Crippen LogP contribution is 1.98. The van der Waals surface area contributed by atoms with Crippen molar-refractivity contribution in [3.05, 3.63) is 0 Å². The highest BCUT2D eigenvalue weighted by molar-refractivity contribution is 4.64. The molecule has 0 aromatic rings. The van der Waals surface area contributed by atoms with Crippen molar-refractivity contribution in [2.75, 3.05) is 47.0 Å². The van der Waals surface area contributed by atoms with Gasteiger partial charge in [0, 0.05) is 32.8 Å². The van der Waals surface area contributed by atoms with E-state index in [-0.39, 0.29) is 6.10 Å². The molecule has 0 aromatic heterocycles. The van der Waals surface area contributed by atoms with Crippen molar-refractivity contribution < 1.29 is 14.6 Å². The van der Waals surface area contributed by atoms with Crippen LogP contribution >= 0.6 is 0 Å². The number of aliphatic hydroxyl groups is 1. The molecule has 0 radical (unpaired) electrons. The van der Waals surface area contributed by atoms with Crippen LogP contribution in [-0.2, 0) is 9.47 Å². The van der Waals surface area contributed by atoms with Gasteiger partial charge in [-0.05, 0) is 27.3 Å². The van der Waals surface area contributed by atoms with Gasteiger partial charge in [-0.2, -0.15) is 0 Å². The Morgan fingerprint density at radius 1 is 1.26 bits per heavy atom. The molecule has 3 unspecified atom stereocenters. The van der Waals surface area contributed by atoms with Gasteiger partial charge in [0.25, 0.3) is 0 Å². The summed E-state index contributed by atoms with van der Waals surface area (Å²) >= 11 is 0. The highest BCUT2D eigenvalue weighted by atomic mass is 16.5. The quantitative estimate of drug-likeness (QED) is 0.514. The zero-order chi connectivity index (χ0) is 14.7. The van der Waals surface area contributed by atoms with Crippen molar-refractivity contribution in [2.45, 2.75) is 45.4 Å². The fraction of sp³-hybridized carbons (Fsp3) is 1.00. The molecule has 0 heterocycles. The van der Waals surface area contributed by atoms with Crippen LogP contribution in [-0.4, -0.2) is 75.3 Å². The van der Waals surface area contributed by atoms with Gasteiger partial charge in [-0.15, -0.1) is 0 Å². The first-order chi connectivity index (χ1) is 9.01. The van der Waals surface area contributed by atoms with E-state index in [1.807, 2.05) is 6.92 Å². The molecule has 5 heteroatoms. The maximum atomic E-state index is 9.74. The summed E-state index contributed by atoms with van der Waals surface area (Å²) in [6.07, 6.45) is 0.717. The number of hydrogen-bond acceptors (Lipinski definition) is 5. The Labute approximate surface area is 118 Å². The van der Waals surface area contributed by atoms with Crippen LogP contribution in [0, 0.1) is 0 Å². The molecule has 19 heavy (non-hydrogen) atoms. The Morgan fingerprint density at radius 2 is 1.95 bits per heavy atom. The second kappa shape index (κ2) is 11.6. The van der Waals surface area contributed by atoms with E-state index in [1.165, 1.54) is 0 Å². The van der Waals surface area contributed by atoms with Crippen LogP contribution in [0.1, 0.15) is 27.2 Å². The first-order valence-electron chi connectivity index (χ1n) is 7.20. The first kappa shape index (κ1) is 18.8. The van der Waals surface area contributed by atoms with Crippen LogP contribution in [0.15, 0.2) is 0 Å². The van der Waals surface area contributed by atoms with Gasteiger partial charge in [-0.25, -0.2) is 0 Å². The minimum atomic E-state index is -0.465. The molecule has 3 atom stereocenters. The number of hydrogen-bond donors (Lipinski definition) is 2. The lowest BCUT2D eigenvalue weighted by molar-refractivity contribution is -0.0311. The molecular formula is C14H32N2O3. The Morgan fingerprint density at radius 3 is 2.53 bits per heavy atom. The molecule has 0 saturated carbocycles. The number of nitrogens with zero attached hydrogens (tertiary/aromatic N) is 1. The van der Waals surface area contributed by atoms with E-state index in [9.17, 15) is 5.11 Å². The van der Waals surface area contributed by atoms with E-state index in [0.29, 0.717) is 25.8 Å². The van der Waals surface area contributed by atoms with E-state index in [2.05, 4.69) is 31.1 Å². The summed E-state index contributed by atoms with van der Waals surface area (Å²) in [5, 5.41) is 13.0. The number of ether oxygens (including phenoxy) is 2. The normalized spacial score (nSPS) is 16.6. The SMILES string of the molecule is CCC(C)N(C)CCNCC(O)COC(C)COC. The molecule has 0 amide bonds. The van der Waals surface area contributed by atoms with Crippen molar-refractivity contribution in [3.8, 4) is 0 Å². The zero-order valence-electron chi connectivity index (χ0n) is 13.2.